The third-order valence-corrected chi connectivity index (χ3v) is 3.47. The molecule has 0 heterocycles. The normalized spacial score (nSPS) is 10.9. The molecule has 0 aromatic heterocycles. The molecular formula is C18H27NO. The SMILES string of the molecule is CCCCN(CCCC)C(=O)/C=C/c1ccccc1C. The Morgan fingerprint density at radius 3 is 2.25 bits per heavy atom. The number of rotatable bonds is 8. The molecule has 0 spiro atoms. The molecule has 0 radical (unpaired) electrons. The number of nitrogens with zero attached hydrogens (tertiary/aromatic N) is 1. The highest BCUT2D eigenvalue weighted by Crippen LogP contribution is 2.09. The summed E-state index contributed by atoms with van der Waals surface area (Å²) in [5.74, 6) is 0.134. The Balaban J connectivity index is 2.66. The van der Waals surface area contributed by atoms with Crippen LogP contribution in [0.25, 0.3) is 6.08 Å². The Morgan fingerprint density at radius 2 is 1.70 bits per heavy atom. The van der Waals surface area contributed by atoms with Gasteiger partial charge in [-0.3, -0.25) is 4.79 Å². The molecule has 0 saturated carbocycles. The van der Waals surface area contributed by atoms with Gasteiger partial charge in [0, 0.05) is 19.2 Å². The van der Waals surface area contributed by atoms with E-state index in [0.29, 0.717) is 0 Å². The minimum atomic E-state index is 0.134. The largest absolute Gasteiger partial charge is 0.339 e. The quantitative estimate of drug-likeness (QED) is 0.641. The second-order valence-corrected chi connectivity index (χ2v) is 5.22. The minimum Gasteiger partial charge on any atom is -0.339 e. The van der Waals surface area contributed by atoms with Gasteiger partial charge in [-0.05, 0) is 37.0 Å². The van der Waals surface area contributed by atoms with Gasteiger partial charge in [-0.25, -0.2) is 0 Å². The Morgan fingerprint density at radius 1 is 1.10 bits per heavy atom. The lowest BCUT2D eigenvalue weighted by molar-refractivity contribution is -0.126. The van der Waals surface area contributed by atoms with Crippen molar-refractivity contribution < 1.29 is 4.79 Å². The minimum absolute atomic E-state index is 0.134. The third kappa shape index (κ3) is 5.60. The first-order chi connectivity index (χ1) is 9.69. The van der Waals surface area contributed by atoms with Crippen LogP contribution in [0.2, 0.25) is 0 Å². The van der Waals surface area contributed by atoms with E-state index < -0.39 is 0 Å². The van der Waals surface area contributed by atoms with Crippen LogP contribution in [-0.2, 0) is 4.79 Å². The van der Waals surface area contributed by atoms with Crippen molar-refractivity contribution in [1.29, 1.82) is 0 Å². The lowest BCUT2D eigenvalue weighted by Crippen LogP contribution is -2.31. The van der Waals surface area contributed by atoms with Gasteiger partial charge < -0.3 is 4.90 Å². The van der Waals surface area contributed by atoms with Gasteiger partial charge in [0.05, 0.1) is 0 Å². The Hall–Kier alpha value is -1.57. The van der Waals surface area contributed by atoms with E-state index in [1.54, 1.807) is 6.08 Å². The predicted molar refractivity (Wildman–Crippen MR) is 86.6 cm³/mol. The molecule has 0 unspecified atom stereocenters. The molecule has 110 valence electrons. The molecule has 20 heavy (non-hydrogen) atoms. The molecule has 2 heteroatoms. The van der Waals surface area contributed by atoms with E-state index in [4.69, 9.17) is 0 Å². The standard InChI is InChI=1S/C18H27NO/c1-4-6-14-19(15-7-5-2)18(20)13-12-17-11-9-8-10-16(17)3/h8-13H,4-7,14-15H2,1-3H3/b13-12+. The first-order valence-corrected chi connectivity index (χ1v) is 7.71. The fourth-order valence-corrected chi connectivity index (χ4v) is 2.07. The van der Waals surface area contributed by atoms with Gasteiger partial charge in [-0.2, -0.15) is 0 Å². The van der Waals surface area contributed by atoms with Crippen LogP contribution >= 0.6 is 0 Å². The summed E-state index contributed by atoms with van der Waals surface area (Å²) in [6, 6.07) is 8.13. The van der Waals surface area contributed by atoms with Crippen molar-refractivity contribution in [3.05, 3.63) is 41.5 Å². The van der Waals surface area contributed by atoms with Gasteiger partial charge >= 0.3 is 0 Å². The lowest BCUT2D eigenvalue weighted by atomic mass is 10.1. The molecule has 0 fully saturated rings. The van der Waals surface area contributed by atoms with Gasteiger partial charge in [0.1, 0.15) is 0 Å². The van der Waals surface area contributed by atoms with Gasteiger partial charge in [0.25, 0.3) is 0 Å². The summed E-state index contributed by atoms with van der Waals surface area (Å²) in [7, 11) is 0. The van der Waals surface area contributed by atoms with E-state index in [1.165, 1.54) is 5.56 Å². The van der Waals surface area contributed by atoms with Crippen molar-refractivity contribution in [2.75, 3.05) is 13.1 Å². The summed E-state index contributed by atoms with van der Waals surface area (Å²) in [6.07, 6.45) is 8.05. The van der Waals surface area contributed by atoms with E-state index in [9.17, 15) is 4.79 Å². The van der Waals surface area contributed by atoms with Crippen LogP contribution in [0.3, 0.4) is 0 Å². The van der Waals surface area contributed by atoms with E-state index in [2.05, 4.69) is 26.8 Å². The lowest BCUT2D eigenvalue weighted by Gasteiger charge is -2.20. The number of hydrogen-bond donors (Lipinski definition) is 0. The third-order valence-electron chi connectivity index (χ3n) is 3.47. The average molecular weight is 273 g/mol. The number of carbonyl (C=O) groups excluding carboxylic acids is 1. The summed E-state index contributed by atoms with van der Waals surface area (Å²) < 4.78 is 0. The maximum absolute atomic E-state index is 12.3. The number of amides is 1. The van der Waals surface area contributed by atoms with Crippen molar-refractivity contribution in [1.82, 2.24) is 4.90 Å². The molecule has 0 saturated heterocycles. The zero-order valence-electron chi connectivity index (χ0n) is 13.1. The molecule has 2 nitrogen and oxygen atoms in total. The molecule has 0 aliphatic rings. The van der Waals surface area contributed by atoms with Crippen molar-refractivity contribution in [3.8, 4) is 0 Å². The topological polar surface area (TPSA) is 20.3 Å². The van der Waals surface area contributed by atoms with Gasteiger partial charge in [0.2, 0.25) is 5.91 Å². The van der Waals surface area contributed by atoms with Gasteiger partial charge in [0.15, 0.2) is 0 Å². The Kier molecular flexibility index (Phi) is 7.71. The molecule has 0 aliphatic carbocycles. The summed E-state index contributed by atoms with van der Waals surface area (Å²) in [6.45, 7) is 8.12. The zero-order chi connectivity index (χ0) is 14.8. The van der Waals surface area contributed by atoms with Crippen LogP contribution in [0.1, 0.15) is 50.7 Å². The summed E-state index contributed by atoms with van der Waals surface area (Å²) in [5.41, 5.74) is 2.32. The number of hydrogen-bond acceptors (Lipinski definition) is 1. The maximum atomic E-state index is 12.3. The Labute approximate surface area is 123 Å². The molecule has 1 rings (SSSR count). The van der Waals surface area contributed by atoms with Gasteiger partial charge in [-0.15, -0.1) is 0 Å². The van der Waals surface area contributed by atoms with Gasteiger partial charge in [-0.1, -0.05) is 51.0 Å². The average Bonchev–Trinajstić information content (AvgIpc) is 2.46. The highest BCUT2D eigenvalue weighted by atomic mass is 16.2. The molecule has 0 bridgehead atoms. The fraction of sp³-hybridized carbons (Fsp3) is 0.500. The first kappa shape index (κ1) is 16.5. The molecule has 0 aliphatic heterocycles. The zero-order valence-corrected chi connectivity index (χ0v) is 13.1. The number of unbranched alkanes of at least 4 members (excludes halogenated alkanes) is 2. The first-order valence-electron chi connectivity index (χ1n) is 7.71. The number of carbonyl (C=O) groups is 1. The summed E-state index contributed by atoms with van der Waals surface area (Å²) in [5, 5.41) is 0. The van der Waals surface area contributed by atoms with Crippen LogP contribution in [0.15, 0.2) is 30.3 Å². The van der Waals surface area contributed by atoms with Crippen LogP contribution < -0.4 is 0 Å². The second kappa shape index (κ2) is 9.35. The van der Waals surface area contributed by atoms with E-state index in [0.717, 1.165) is 44.3 Å². The fourth-order valence-electron chi connectivity index (χ4n) is 2.07. The molecule has 1 aromatic rings. The van der Waals surface area contributed by atoms with Crippen molar-refractivity contribution >= 4 is 12.0 Å². The summed E-state index contributed by atoms with van der Waals surface area (Å²) >= 11 is 0. The summed E-state index contributed by atoms with van der Waals surface area (Å²) in [4.78, 5) is 14.3. The molecular weight excluding hydrogens is 246 g/mol. The predicted octanol–water partition coefficient (Wildman–Crippen LogP) is 4.44. The highest BCUT2D eigenvalue weighted by molar-refractivity contribution is 5.91. The Bertz CT molecular complexity index is 429. The van der Waals surface area contributed by atoms with Crippen molar-refractivity contribution in [3.63, 3.8) is 0 Å². The van der Waals surface area contributed by atoms with Crippen molar-refractivity contribution in [2.45, 2.75) is 46.5 Å². The molecule has 1 amide bonds. The number of aryl methyl sites for hydroxylation is 1. The molecule has 1 aromatic carbocycles. The van der Waals surface area contributed by atoms with E-state index >= 15 is 0 Å². The van der Waals surface area contributed by atoms with Crippen LogP contribution in [0, 0.1) is 6.92 Å². The second-order valence-electron chi connectivity index (χ2n) is 5.22. The van der Waals surface area contributed by atoms with Crippen LogP contribution in [0.4, 0.5) is 0 Å². The maximum Gasteiger partial charge on any atom is 0.246 e. The molecule has 0 N–H and O–H groups in total. The van der Waals surface area contributed by atoms with E-state index in [-0.39, 0.29) is 5.91 Å². The monoisotopic (exact) mass is 273 g/mol. The van der Waals surface area contributed by atoms with Crippen molar-refractivity contribution in [2.24, 2.45) is 0 Å². The van der Waals surface area contributed by atoms with E-state index in [1.807, 2.05) is 29.2 Å². The number of benzene rings is 1. The molecule has 0 atom stereocenters. The van der Waals surface area contributed by atoms with Crippen LogP contribution in [-0.4, -0.2) is 23.9 Å². The van der Waals surface area contributed by atoms with Crippen LogP contribution in [0.5, 0.6) is 0 Å². The highest BCUT2D eigenvalue weighted by Gasteiger charge is 2.09. The smallest absolute Gasteiger partial charge is 0.246 e.